The fourth-order valence-corrected chi connectivity index (χ4v) is 1.64. The van der Waals surface area contributed by atoms with Crippen LogP contribution in [0.3, 0.4) is 0 Å². The molecule has 0 amide bonds. The van der Waals surface area contributed by atoms with E-state index in [0.717, 1.165) is 12.8 Å². The van der Waals surface area contributed by atoms with Crippen LogP contribution in [0.25, 0.3) is 0 Å². The van der Waals surface area contributed by atoms with Crippen LogP contribution in [0.2, 0.25) is 0 Å². The van der Waals surface area contributed by atoms with Crippen molar-refractivity contribution < 1.29 is 9.90 Å². The summed E-state index contributed by atoms with van der Waals surface area (Å²) in [5, 5.41) is 8.42. The minimum Gasteiger partial charge on any atom is -0.481 e. The predicted octanol–water partition coefficient (Wildman–Crippen LogP) is 2.60. The molecule has 1 aliphatic carbocycles. The summed E-state index contributed by atoms with van der Waals surface area (Å²) in [6.45, 7) is 0. The summed E-state index contributed by atoms with van der Waals surface area (Å²) in [4.78, 5) is 10.2. The van der Waals surface area contributed by atoms with E-state index in [1.54, 1.807) is 0 Å². The van der Waals surface area contributed by atoms with E-state index < -0.39 is 5.97 Å². The number of rotatable bonds is 4. The van der Waals surface area contributed by atoms with Gasteiger partial charge in [-0.15, -0.1) is 0 Å². The molecule has 0 aromatic carbocycles. The zero-order valence-corrected chi connectivity index (χ0v) is 7.33. The molecule has 0 heterocycles. The van der Waals surface area contributed by atoms with Gasteiger partial charge in [-0.2, -0.15) is 0 Å². The first kappa shape index (κ1) is 9.30. The second-order valence-electron chi connectivity index (χ2n) is 3.41. The van der Waals surface area contributed by atoms with Crippen molar-refractivity contribution >= 4 is 5.97 Å². The molecule has 1 N–H and O–H groups in total. The molecule has 0 aromatic rings. The molecule has 0 bridgehead atoms. The summed E-state index contributed by atoms with van der Waals surface area (Å²) in [6.07, 6.45) is 10.4. The van der Waals surface area contributed by atoms with Gasteiger partial charge in [-0.3, -0.25) is 4.79 Å². The molecule has 12 heavy (non-hydrogen) atoms. The number of carboxylic acids is 1. The van der Waals surface area contributed by atoms with Gasteiger partial charge in [-0.1, -0.05) is 12.2 Å². The van der Waals surface area contributed by atoms with E-state index in [0.29, 0.717) is 12.3 Å². The normalized spacial score (nSPS) is 22.5. The van der Waals surface area contributed by atoms with Gasteiger partial charge >= 0.3 is 5.97 Å². The molecule has 1 atom stereocenters. The lowest BCUT2D eigenvalue weighted by atomic mass is 9.91. The lowest BCUT2D eigenvalue weighted by Crippen LogP contribution is -2.02. The fraction of sp³-hybridized carbons (Fsp3) is 0.700. The molecule has 68 valence electrons. The molecule has 1 rings (SSSR count). The van der Waals surface area contributed by atoms with Crippen molar-refractivity contribution in [3.8, 4) is 0 Å². The highest BCUT2D eigenvalue weighted by Gasteiger charge is 2.08. The maximum absolute atomic E-state index is 10.2. The quantitative estimate of drug-likeness (QED) is 0.655. The number of allylic oxidation sites excluding steroid dienone is 2. The van der Waals surface area contributed by atoms with Crippen LogP contribution in [0.15, 0.2) is 12.2 Å². The third-order valence-corrected chi connectivity index (χ3v) is 2.32. The molecule has 0 saturated heterocycles. The highest BCUT2D eigenvalue weighted by Crippen LogP contribution is 2.21. The standard InChI is InChI=1S/C10H16O2/c11-10(12)8-4-7-9-5-2-1-3-6-9/h2,5,9H,1,3-4,6-8H2,(H,11,12). The number of hydrogen-bond acceptors (Lipinski definition) is 1. The Morgan fingerprint density at radius 3 is 3.00 bits per heavy atom. The van der Waals surface area contributed by atoms with Gasteiger partial charge in [0, 0.05) is 6.42 Å². The molecule has 0 radical (unpaired) electrons. The Morgan fingerprint density at radius 2 is 2.42 bits per heavy atom. The number of hydrogen-bond donors (Lipinski definition) is 1. The van der Waals surface area contributed by atoms with Crippen LogP contribution in [0, 0.1) is 5.92 Å². The first-order valence-corrected chi connectivity index (χ1v) is 4.67. The molecule has 1 unspecified atom stereocenters. The maximum Gasteiger partial charge on any atom is 0.303 e. The average molecular weight is 168 g/mol. The van der Waals surface area contributed by atoms with E-state index >= 15 is 0 Å². The Balaban J connectivity index is 2.09. The van der Waals surface area contributed by atoms with Crippen LogP contribution < -0.4 is 0 Å². The molecule has 0 aromatic heterocycles. The molecule has 1 aliphatic rings. The van der Waals surface area contributed by atoms with Crippen LogP contribution >= 0.6 is 0 Å². The van der Waals surface area contributed by atoms with Crippen molar-refractivity contribution in [3.63, 3.8) is 0 Å². The monoisotopic (exact) mass is 168 g/mol. The topological polar surface area (TPSA) is 37.3 Å². The third-order valence-electron chi connectivity index (χ3n) is 2.32. The Hall–Kier alpha value is -0.790. The second kappa shape index (κ2) is 4.96. The van der Waals surface area contributed by atoms with Crippen LogP contribution in [-0.4, -0.2) is 11.1 Å². The second-order valence-corrected chi connectivity index (χ2v) is 3.41. The van der Waals surface area contributed by atoms with Crippen molar-refractivity contribution in [1.29, 1.82) is 0 Å². The van der Waals surface area contributed by atoms with Crippen molar-refractivity contribution in [2.75, 3.05) is 0 Å². The van der Waals surface area contributed by atoms with Crippen molar-refractivity contribution in [2.45, 2.75) is 38.5 Å². The number of carboxylic acid groups (broad SMARTS) is 1. The first-order valence-electron chi connectivity index (χ1n) is 4.67. The van der Waals surface area contributed by atoms with Gasteiger partial charge in [0.05, 0.1) is 0 Å². The maximum atomic E-state index is 10.2. The molecular weight excluding hydrogens is 152 g/mol. The Labute approximate surface area is 73.3 Å². The highest BCUT2D eigenvalue weighted by atomic mass is 16.4. The fourth-order valence-electron chi connectivity index (χ4n) is 1.64. The molecule has 0 saturated carbocycles. The van der Waals surface area contributed by atoms with Gasteiger partial charge in [-0.25, -0.2) is 0 Å². The zero-order valence-electron chi connectivity index (χ0n) is 7.33. The SMILES string of the molecule is O=C(O)CCCC1C=CCCC1. The Bertz CT molecular complexity index is 173. The average Bonchev–Trinajstić information content (AvgIpc) is 2.05. The summed E-state index contributed by atoms with van der Waals surface area (Å²) in [5.41, 5.74) is 0. The first-order chi connectivity index (χ1) is 5.79. The minimum atomic E-state index is -0.671. The van der Waals surface area contributed by atoms with E-state index in [2.05, 4.69) is 12.2 Å². The van der Waals surface area contributed by atoms with E-state index in [-0.39, 0.29) is 0 Å². The van der Waals surface area contributed by atoms with Crippen molar-refractivity contribution in [3.05, 3.63) is 12.2 Å². The van der Waals surface area contributed by atoms with E-state index in [1.165, 1.54) is 19.3 Å². The molecular formula is C10H16O2. The van der Waals surface area contributed by atoms with E-state index in [1.807, 2.05) is 0 Å². The Morgan fingerprint density at radius 1 is 1.58 bits per heavy atom. The highest BCUT2D eigenvalue weighted by molar-refractivity contribution is 5.66. The molecule has 2 nitrogen and oxygen atoms in total. The van der Waals surface area contributed by atoms with Gasteiger partial charge in [0.25, 0.3) is 0 Å². The van der Waals surface area contributed by atoms with Gasteiger partial charge in [-0.05, 0) is 38.0 Å². The molecule has 0 spiro atoms. The van der Waals surface area contributed by atoms with E-state index in [4.69, 9.17) is 5.11 Å². The number of carbonyl (C=O) groups is 1. The molecule has 0 fully saturated rings. The Kier molecular flexibility index (Phi) is 3.85. The van der Waals surface area contributed by atoms with Gasteiger partial charge in [0.1, 0.15) is 0 Å². The van der Waals surface area contributed by atoms with Crippen LogP contribution in [0.4, 0.5) is 0 Å². The van der Waals surface area contributed by atoms with Gasteiger partial charge in [0.2, 0.25) is 0 Å². The summed E-state index contributed by atoms with van der Waals surface area (Å²) < 4.78 is 0. The van der Waals surface area contributed by atoms with Crippen LogP contribution in [0.1, 0.15) is 38.5 Å². The summed E-state index contributed by atoms with van der Waals surface area (Å²) in [7, 11) is 0. The predicted molar refractivity (Wildman–Crippen MR) is 48.0 cm³/mol. The van der Waals surface area contributed by atoms with Crippen molar-refractivity contribution in [2.24, 2.45) is 5.92 Å². The van der Waals surface area contributed by atoms with Gasteiger partial charge < -0.3 is 5.11 Å². The largest absolute Gasteiger partial charge is 0.481 e. The molecule has 2 heteroatoms. The van der Waals surface area contributed by atoms with Crippen molar-refractivity contribution in [1.82, 2.24) is 0 Å². The minimum absolute atomic E-state index is 0.324. The van der Waals surface area contributed by atoms with Gasteiger partial charge in [0.15, 0.2) is 0 Å². The van der Waals surface area contributed by atoms with Crippen LogP contribution in [-0.2, 0) is 4.79 Å². The van der Waals surface area contributed by atoms with E-state index in [9.17, 15) is 4.79 Å². The smallest absolute Gasteiger partial charge is 0.303 e. The third kappa shape index (κ3) is 3.56. The summed E-state index contributed by atoms with van der Waals surface area (Å²) >= 11 is 0. The zero-order chi connectivity index (χ0) is 8.81. The lowest BCUT2D eigenvalue weighted by Gasteiger charge is -2.14. The van der Waals surface area contributed by atoms with Crippen LogP contribution in [0.5, 0.6) is 0 Å². The number of aliphatic carboxylic acids is 1. The molecule has 0 aliphatic heterocycles. The summed E-state index contributed by atoms with van der Waals surface area (Å²) in [6, 6.07) is 0. The lowest BCUT2D eigenvalue weighted by molar-refractivity contribution is -0.137. The summed E-state index contributed by atoms with van der Waals surface area (Å²) in [5.74, 6) is -0.0205.